The van der Waals surface area contributed by atoms with E-state index >= 15 is 0 Å². The van der Waals surface area contributed by atoms with Gasteiger partial charge in [0, 0.05) is 18.7 Å². The van der Waals surface area contributed by atoms with Crippen LogP contribution in [0.1, 0.15) is 5.69 Å². The molecule has 0 aliphatic carbocycles. The van der Waals surface area contributed by atoms with Crippen molar-refractivity contribution in [2.24, 2.45) is 12.2 Å². The predicted octanol–water partition coefficient (Wildman–Crippen LogP) is -0.166. The van der Waals surface area contributed by atoms with Crippen LogP contribution in [0.3, 0.4) is 0 Å². The number of aromatic nitrogens is 2. The van der Waals surface area contributed by atoms with E-state index in [1.807, 2.05) is 0 Å². The Bertz CT molecular complexity index is 599. The number of nitrogens with zero attached hydrogens (tertiary/aromatic N) is 3. The molecule has 0 fully saturated rings. The van der Waals surface area contributed by atoms with Gasteiger partial charge in [-0.25, -0.2) is 8.42 Å². The van der Waals surface area contributed by atoms with Crippen LogP contribution in [0.5, 0.6) is 0 Å². The number of hydrogen-bond acceptors (Lipinski definition) is 5. The lowest BCUT2D eigenvalue weighted by Crippen LogP contribution is -2.31. The average molecular weight is 239 g/mol. The zero-order valence-electron chi connectivity index (χ0n) is 8.44. The third kappa shape index (κ3) is 1.21. The lowest BCUT2D eigenvalue weighted by atomic mass is 10.1. The van der Waals surface area contributed by atoms with Crippen LogP contribution in [0.2, 0.25) is 0 Å². The van der Waals surface area contributed by atoms with Gasteiger partial charge in [-0.15, -0.1) is 0 Å². The van der Waals surface area contributed by atoms with E-state index in [0.717, 1.165) is 0 Å². The Morgan fingerprint density at radius 2 is 2.31 bits per heavy atom. The van der Waals surface area contributed by atoms with Crippen LogP contribution in [0.4, 0.5) is 0 Å². The van der Waals surface area contributed by atoms with Crippen molar-refractivity contribution in [1.29, 1.82) is 0 Å². The smallest absolute Gasteiger partial charge is 0.184 e. The maximum absolute atomic E-state index is 11.8. The van der Waals surface area contributed by atoms with E-state index in [4.69, 9.17) is 4.84 Å². The summed E-state index contributed by atoms with van der Waals surface area (Å²) in [6, 6.07) is 1.72. The van der Waals surface area contributed by atoms with Gasteiger partial charge in [-0.05, 0) is 12.1 Å². The lowest BCUT2D eigenvalue weighted by Gasteiger charge is -2.06. The van der Waals surface area contributed by atoms with Gasteiger partial charge in [0.05, 0.1) is 0 Å². The minimum atomic E-state index is -3.30. The van der Waals surface area contributed by atoms with Crippen LogP contribution >= 0.6 is 0 Å². The zero-order chi connectivity index (χ0) is 11.3. The number of aryl methyl sites for hydroxylation is 1. The number of sulfone groups is 1. The highest BCUT2D eigenvalue weighted by Crippen LogP contribution is 2.29. The van der Waals surface area contributed by atoms with Crippen molar-refractivity contribution in [2.75, 3.05) is 0 Å². The molecule has 0 aromatic carbocycles. The number of rotatable bonds is 1. The van der Waals surface area contributed by atoms with Gasteiger partial charge in [0.25, 0.3) is 0 Å². The minimum Gasteiger partial charge on any atom is -0.386 e. The highest BCUT2D eigenvalue weighted by Gasteiger charge is 2.46. The topological polar surface area (TPSA) is 73.6 Å². The van der Waals surface area contributed by atoms with Crippen molar-refractivity contribution >= 4 is 15.5 Å². The molecule has 1 aromatic heterocycles. The molecule has 3 rings (SSSR count). The molecule has 0 spiro atoms. The highest BCUT2D eigenvalue weighted by atomic mass is 32.2. The van der Waals surface area contributed by atoms with Crippen LogP contribution in [0.15, 0.2) is 28.9 Å². The standard InChI is InChI=1S/C9H9N3O3S/c1-12-4-2-6(10-12)8-9-7(15-11-8)3-5-16(9,13)14/h2-5,7,9H,1H3. The molecule has 2 aliphatic heterocycles. The van der Waals surface area contributed by atoms with Gasteiger partial charge in [-0.1, -0.05) is 5.16 Å². The highest BCUT2D eigenvalue weighted by molar-refractivity contribution is 7.96. The van der Waals surface area contributed by atoms with Crippen molar-refractivity contribution in [3.63, 3.8) is 0 Å². The van der Waals surface area contributed by atoms with Crippen LogP contribution in [-0.4, -0.2) is 35.3 Å². The van der Waals surface area contributed by atoms with Gasteiger partial charge >= 0.3 is 0 Å². The molecule has 0 bridgehead atoms. The summed E-state index contributed by atoms with van der Waals surface area (Å²) in [7, 11) is -1.53. The normalized spacial score (nSPS) is 29.9. The summed E-state index contributed by atoms with van der Waals surface area (Å²) >= 11 is 0. The van der Waals surface area contributed by atoms with Crippen molar-refractivity contribution in [2.45, 2.75) is 11.4 Å². The number of oxime groups is 1. The summed E-state index contributed by atoms with van der Waals surface area (Å²) in [5.41, 5.74) is 0.929. The first-order valence-electron chi connectivity index (χ1n) is 4.74. The first kappa shape index (κ1) is 9.59. The summed E-state index contributed by atoms with van der Waals surface area (Å²) in [6.07, 6.45) is 2.75. The Labute approximate surface area is 92.1 Å². The van der Waals surface area contributed by atoms with Crippen molar-refractivity contribution < 1.29 is 13.3 Å². The Kier molecular flexibility index (Phi) is 1.76. The number of hydrogen-bond donors (Lipinski definition) is 0. The lowest BCUT2D eigenvalue weighted by molar-refractivity contribution is 0.123. The van der Waals surface area contributed by atoms with Crippen LogP contribution in [0, 0.1) is 0 Å². The van der Waals surface area contributed by atoms with E-state index in [2.05, 4.69) is 10.3 Å². The molecule has 2 aliphatic rings. The van der Waals surface area contributed by atoms with E-state index in [1.54, 1.807) is 24.0 Å². The Balaban J connectivity index is 2.05. The van der Waals surface area contributed by atoms with Crippen LogP contribution < -0.4 is 0 Å². The third-order valence-electron chi connectivity index (χ3n) is 2.63. The van der Waals surface area contributed by atoms with Gasteiger partial charge in [0.1, 0.15) is 11.4 Å². The molecular formula is C9H9N3O3S. The van der Waals surface area contributed by atoms with Gasteiger partial charge in [-0.2, -0.15) is 5.10 Å². The second-order valence-corrected chi connectivity index (χ2v) is 5.72. The summed E-state index contributed by atoms with van der Waals surface area (Å²) < 4.78 is 25.1. The molecule has 3 heterocycles. The molecule has 0 amide bonds. The maximum Gasteiger partial charge on any atom is 0.184 e. The molecule has 6 nitrogen and oxygen atoms in total. The van der Waals surface area contributed by atoms with Gasteiger partial charge in [0.15, 0.2) is 21.2 Å². The fourth-order valence-electron chi connectivity index (χ4n) is 1.87. The second kappa shape index (κ2) is 2.94. The van der Waals surface area contributed by atoms with E-state index < -0.39 is 21.2 Å². The molecule has 0 saturated heterocycles. The van der Waals surface area contributed by atoms with Gasteiger partial charge in [-0.3, -0.25) is 4.68 Å². The summed E-state index contributed by atoms with van der Waals surface area (Å²) in [5, 5.41) is 8.39. The fourth-order valence-corrected chi connectivity index (χ4v) is 3.41. The summed E-state index contributed by atoms with van der Waals surface area (Å²) in [6.45, 7) is 0. The molecule has 84 valence electrons. The average Bonchev–Trinajstić information content (AvgIpc) is 2.85. The minimum absolute atomic E-state index is 0.385. The van der Waals surface area contributed by atoms with Crippen molar-refractivity contribution in [3.05, 3.63) is 29.4 Å². The van der Waals surface area contributed by atoms with Crippen LogP contribution in [0.25, 0.3) is 0 Å². The molecule has 0 radical (unpaired) electrons. The Morgan fingerprint density at radius 1 is 1.50 bits per heavy atom. The van der Waals surface area contributed by atoms with Crippen LogP contribution in [-0.2, 0) is 21.7 Å². The molecule has 0 N–H and O–H groups in total. The maximum atomic E-state index is 11.8. The van der Waals surface area contributed by atoms with E-state index in [0.29, 0.717) is 11.4 Å². The molecular weight excluding hydrogens is 230 g/mol. The Morgan fingerprint density at radius 3 is 3.00 bits per heavy atom. The molecule has 2 atom stereocenters. The molecule has 0 saturated carbocycles. The van der Waals surface area contributed by atoms with E-state index in [9.17, 15) is 8.42 Å². The fraction of sp³-hybridized carbons (Fsp3) is 0.333. The van der Waals surface area contributed by atoms with Gasteiger partial charge < -0.3 is 4.84 Å². The molecule has 16 heavy (non-hydrogen) atoms. The SMILES string of the molecule is Cn1ccc(C2=NOC3C=CS(=O)(=O)C23)n1. The number of fused-ring (bicyclic) bond motifs is 1. The first-order valence-corrected chi connectivity index (χ1v) is 6.35. The Hall–Kier alpha value is -1.63. The van der Waals surface area contributed by atoms with E-state index in [-0.39, 0.29) is 0 Å². The predicted molar refractivity (Wildman–Crippen MR) is 56.5 cm³/mol. The quantitative estimate of drug-likeness (QED) is 0.682. The van der Waals surface area contributed by atoms with E-state index in [1.165, 1.54) is 11.5 Å². The zero-order valence-corrected chi connectivity index (χ0v) is 9.26. The molecule has 2 unspecified atom stereocenters. The largest absolute Gasteiger partial charge is 0.386 e. The summed E-state index contributed by atoms with van der Waals surface area (Å²) in [4.78, 5) is 5.06. The van der Waals surface area contributed by atoms with Crippen molar-refractivity contribution in [1.82, 2.24) is 9.78 Å². The third-order valence-corrected chi connectivity index (χ3v) is 4.36. The monoisotopic (exact) mass is 239 g/mol. The van der Waals surface area contributed by atoms with Gasteiger partial charge in [0.2, 0.25) is 0 Å². The molecule has 7 heteroatoms. The first-order chi connectivity index (χ1) is 7.58. The second-order valence-electron chi connectivity index (χ2n) is 3.76. The summed E-state index contributed by atoms with van der Waals surface area (Å²) in [5.74, 6) is 0. The van der Waals surface area contributed by atoms with Crippen molar-refractivity contribution in [3.8, 4) is 0 Å². The molecule has 1 aromatic rings.